The van der Waals surface area contributed by atoms with Gasteiger partial charge in [0.1, 0.15) is 16.9 Å². The predicted molar refractivity (Wildman–Crippen MR) is 112 cm³/mol. The van der Waals surface area contributed by atoms with E-state index in [1.165, 1.54) is 11.0 Å². The molecule has 2 aliphatic heterocycles. The van der Waals surface area contributed by atoms with Crippen LogP contribution in [-0.2, 0) is 4.74 Å². The summed E-state index contributed by atoms with van der Waals surface area (Å²) in [7, 11) is -0.108. The number of thiocarbonyl (C=S) groups is 1. The number of nitrogens with one attached hydrogen (secondary N) is 2. The number of benzene rings is 1. The van der Waals surface area contributed by atoms with Gasteiger partial charge in [0.25, 0.3) is 6.43 Å². The van der Waals surface area contributed by atoms with E-state index < -0.39 is 39.9 Å². The van der Waals surface area contributed by atoms with E-state index in [0.717, 1.165) is 0 Å². The maximum Gasteiger partial charge on any atom is 0.414 e. The lowest BCUT2D eigenvalue weighted by atomic mass is 10.2. The van der Waals surface area contributed by atoms with Crippen LogP contribution in [0.1, 0.15) is 0 Å². The molecule has 162 valence electrons. The molecule has 3 rings (SSSR count). The lowest BCUT2D eigenvalue weighted by Crippen LogP contribution is -2.42. The summed E-state index contributed by atoms with van der Waals surface area (Å²) in [6.07, 6.45) is -4.13. The zero-order valence-electron chi connectivity index (χ0n) is 15.7. The molecule has 0 aromatic heterocycles. The summed E-state index contributed by atoms with van der Waals surface area (Å²) in [6.45, 7) is 1.09. The number of cyclic esters (lactones) is 1. The standard InChI is InChI=1S/C17H23F3N4O3S2/c1-21-29(26)6-4-23(5-7-29)14-3-2-11(8-13(14)18)24-10-12(27-17(24)25)9-22-16(28)15(19)20/h2-3,8,12,15,21,26H,4-7,9-10H2,1H3,(H,22,28)/t12-/m0/s1. The first-order valence-corrected chi connectivity index (χ1v) is 11.3. The molecule has 2 heterocycles. The summed E-state index contributed by atoms with van der Waals surface area (Å²) in [4.78, 5) is 14.6. The minimum atomic E-state index is -2.78. The number of alkyl halides is 2. The van der Waals surface area contributed by atoms with E-state index in [2.05, 4.69) is 22.3 Å². The Morgan fingerprint density at radius 1 is 1.41 bits per heavy atom. The third-order valence-corrected chi connectivity index (χ3v) is 7.74. The maximum atomic E-state index is 14.7. The number of anilines is 2. The van der Waals surface area contributed by atoms with Crippen molar-refractivity contribution >= 4 is 45.2 Å². The molecule has 2 fully saturated rings. The number of hydrogen-bond acceptors (Lipinski definition) is 6. The van der Waals surface area contributed by atoms with E-state index in [-0.39, 0.29) is 13.1 Å². The summed E-state index contributed by atoms with van der Waals surface area (Å²) < 4.78 is 58.0. The molecular formula is C17H23F3N4O3S2. The van der Waals surface area contributed by atoms with Crippen LogP contribution < -0.4 is 19.8 Å². The molecule has 0 spiro atoms. The molecule has 0 aliphatic carbocycles. The summed E-state index contributed by atoms with van der Waals surface area (Å²) in [5, 5.41) is 2.36. The lowest BCUT2D eigenvalue weighted by Gasteiger charge is -2.42. The normalized spacial score (nSPS) is 22.6. The first kappa shape index (κ1) is 21.9. The van der Waals surface area contributed by atoms with Crippen molar-refractivity contribution in [3.63, 3.8) is 0 Å². The maximum absolute atomic E-state index is 14.7. The van der Waals surface area contributed by atoms with Crippen LogP contribution in [0.25, 0.3) is 0 Å². The molecule has 2 aliphatic rings. The fourth-order valence-corrected chi connectivity index (χ4v) is 4.97. The Hall–Kier alpha value is -1.76. The third kappa shape index (κ3) is 5.05. The molecule has 2 saturated heterocycles. The Kier molecular flexibility index (Phi) is 6.76. The SMILES string of the molecule is CNS1(O)CCN(c2ccc(N3C[C@H](CNC(=S)C(F)F)OC3=O)cc2F)CC1. The van der Waals surface area contributed by atoms with Crippen LogP contribution in [0.3, 0.4) is 0 Å². The minimum absolute atomic E-state index is 0.0452. The first-order valence-electron chi connectivity index (χ1n) is 9.00. The quantitative estimate of drug-likeness (QED) is 0.573. The second-order valence-corrected chi connectivity index (χ2v) is 10.1. The number of rotatable bonds is 6. The van der Waals surface area contributed by atoms with E-state index in [0.29, 0.717) is 36.0 Å². The van der Waals surface area contributed by atoms with Gasteiger partial charge in [-0.05, 0) is 25.2 Å². The third-order valence-electron chi connectivity index (χ3n) is 4.94. The van der Waals surface area contributed by atoms with Crippen LogP contribution in [0, 0.1) is 5.82 Å². The van der Waals surface area contributed by atoms with Gasteiger partial charge in [-0.15, -0.1) is 0 Å². The zero-order valence-corrected chi connectivity index (χ0v) is 17.4. The van der Waals surface area contributed by atoms with Crippen molar-refractivity contribution in [3.05, 3.63) is 24.0 Å². The molecule has 12 heteroatoms. The summed E-state index contributed by atoms with van der Waals surface area (Å²) >= 11 is 4.49. The fourth-order valence-electron chi connectivity index (χ4n) is 3.23. The molecule has 1 amide bonds. The van der Waals surface area contributed by atoms with Crippen molar-refractivity contribution in [1.82, 2.24) is 10.0 Å². The number of ether oxygens (including phenoxy) is 1. The Labute approximate surface area is 173 Å². The highest BCUT2D eigenvalue weighted by molar-refractivity contribution is 8.27. The van der Waals surface area contributed by atoms with Crippen molar-refractivity contribution in [3.8, 4) is 0 Å². The van der Waals surface area contributed by atoms with E-state index in [1.807, 2.05) is 4.90 Å². The predicted octanol–water partition coefficient (Wildman–Crippen LogP) is 2.57. The molecule has 1 aromatic rings. The monoisotopic (exact) mass is 452 g/mol. The Bertz CT molecular complexity index is 778. The average Bonchev–Trinajstić information content (AvgIpc) is 3.07. The summed E-state index contributed by atoms with van der Waals surface area (Å²) in [5.41, 5.74) is 0.726. The molecule has 0 bridgehead atoms. The van der Waals surface area contributed by atoms with E-state index in [1.54, 1.807) is 19.2 Å². The lowest BCUT2D eigenvalue weighted by molar-refractivity contribution is 0.142. The van der Waals surface area contributed by atoms with Crippen molar-refractivity contribution in [2.24, 2.45) is 0 Å². The van der Waals surface area contributed by atoms with E-state index in [9.17, 15) is 22.5 Å². The van der Waals surface area contributed by atoms with E-state index in [4.69, 9.17) is 4.74 Å². The fraction of sp³-hybridized carbons (Fsp3) is 0.529. The highest BCUT2D eigenvalue weighted by Crippen LogP contribution is 2.41. The highest BCUT2D eigenvalue weighted by Gasteiger charge is 2.33. The minimum Gasteiger partial charge on any atom is -0.442 e. The van der Waals surface area contributed by atoms with Crippen molar-refractivity contribution < 1.29 is 27.3 Å². The van der Waals surface area contributed by atoms with Crippen molar-refractivity contribution in [2.75, 3.05) is 54.5 Å². The van der Waals surface area contributed by atoms with Gasteiger partial charge in [-0.3, -0.25) is 9.62 Å². The van der Waals surface area contributed by atoms with Crippen molar-refractivity contribution in [2.45, 2.75) is 12.5 Å². The number of nitrogens with zero attached hydrogens (tertiary/aromatic N) is 2. The van der Waals surface area contributed by atoms with Gasteiger partial charge in [-0.1, -0.05) is 22.7 Å². The smallest absolute Gasteiger partial charge is 0.414 e. The molecule has 7 nitrogen and oxygen atoms in total. The molecule has 0 unspecified atom stereocenters. The number of carbonyl (C=O) groups is 1. The second-order valence-electron chi connectivity index (χ2n) is 6.74. The Balaban J connectivity index is 1.63. The summed E-state index contributed by atoms with van der Waals surface area (Å²) in [6, 6.07) is 4.46. The van der Waals surface area contributed by atoms with Gasteiger partial charge in [-0.2, -0.15) is 0 Å². The average molecular weight is 453 g/mol. The molecule has 0 radical (unpaired) electrons. The Morgan fingerprint density at radius 3 is 2.69 bits per heavy atom. The number of hydrogen-bond donors (Lipinski definition) is 3. The van der Waals surface area contributed by atoms with Crippen LogP contribution in [0.2, 0.25) is 0 Å². The van der Waals surface area contributed by atoms with Gasteiger partial charge in [0.05, 0.1) is 24.5 Å². The zero-order chi connectivity index (χ0) is 21.2. The van der Waals surface area contributed by atoms with Gasteiger partial charge in [0, 0.05) is 24.6 Å². The van der Waals surface area contributed by atoms with Gasteiger partial charge >= 0.3 is 6.09 Å². The van der Waals surface area contributed by atoms with Gasteiger partial charge in [0.15, 0.2) is 0 Å². The molecular weight excluding hydrogens is 429 g/mol. The molecule has 1 atom stereocenters. The van der Waals surface area contributed by atoms with Crippen LogP contribution in [0.15, 0.2) is 18.2 Å². The summed E-state index contributed by atoms with van der Waals surface area (Å²) in [5.74, 6) is 0.594. The molecule has 29 heavy (non-hydrogen) atoms. The molecule has 0 saturated carbocycles. The van der Waals surface area contributed by atoms with Gasteiger partial charge in [-0.25, -0.2) is 18.0 Å². The van der Waals surface area contributed by atoms with Crippen molar-refractivity contribution in [1.29, 1.82) is 0 Å². The highest BCUT2D eigenvalue weighted by atomic mass is 32.3. The van der Waals surface area contributed by atoms with Crippen LogP contribution in [-0.4, -0.2) is 72.9 Å². The van der Waals surface area contributed by atoms with Crippen LogP contribution in [0.4, 0.5) is 29.3 Å². The van der Waals surface area contributed by atoms with E-state index >= 15 is 0 Å². The first-order chi connectivity index (χ1) is 13.7. The van der Waals surface area contributed by atoms with Crippen LogP contribution in [0.5, 0.6) is 0 Å². The second kappa shape index (κ2) is 8.94. The molecule has 1 aromatic carbocycles. The number of amides is 1. The topological polar surface area (TPSA) is 77.1 Å². The largest absolute Gasteiger partial charge is 0.442 e. The van der Waals surface area contributed by atoms with Crippen LogP contribution >= 0.6 is 22.7 Å². The Morgan fingerprint density at radius 2 is 2.10 bits per heavy atom. The number of carbonyl (C=O) groups excluding carboxylic acids is 1. The number of halogens is 3. The van der Waals surface area contributed by atoms with Gasteiger partial charge in [0.2, 0.25) is 0 Å². The van der Waals surface area contributed by atoms with Gasteiger partial charge < -0.3 is 19.5 Å². The molecule has 3 N–H and O–H groups in total.